The van der Waals surface area contributed by atoms with Crippen LogP contribution < -0.4 is 5.32 Å². The number of benzene rings is 1. The Bertz CT molecular complexity index is 785. The molecule has 0 aliphatic heterocycles. The molecule has 21 heavy (non-hydrogen) atoms. The van der Waals surface area contributed by atoms with Gasteiger partial charge in [0, 0.05) is 15.5 Å². The molecule has 0 radical (unpaired) electrons. The highest BCUT2D eigenvalue weighted by atomic mass is 127. The fourth-order valence-corrected chi connectivity index (χ4v) is 2.59. The van der Waals surface area contributed by atoms with E-state index in [1.54, 1.807) is 12.1 Å². The van der Waals surface area contributed by atoms with E-state index in [1.807, 2.05) is 24.3 Å². The van der Waals surface area contributed by atoms with Gasteiger partial charge in [0.2, 0.25) is 11.6 Å². The lowest BCUT2D eigenvalue weighted by atomic mass is 9.97. The Hall–Kier alpha value is -1.73. The topological polar surface area (TPSA) is 59.1 Å². The standard InChI is InChI=1S/C15H8ClIN2O2/c16-11-13(19-9-5-3-8(17)4-6-9)14(20)10-2-1-7-18-12(10)15(11)21/h1-7,19H. The van der Waals surface area contributed by atoms with Gasteiger partial charge >= 0.3 is 0 Å². The zero-order chi connectivity index (χ0) is 15.0. The van der Waals surface area contributed by atoms with Gasteiger partial charge in [-0.1, -0.05) is 11.6 Å². The molecule has 0 unspecified atom stereocenters. The van der Waals surface area contributed by atoms with Crippen LogP contribution in [0, 0.1) is 3.57 Å². The van der Waals surface area contributed by atoms with Crippen molar-refractivity contribution in [1.29, 1.82) is 0 Å². The highest BCUT2D eigenvalue weighted by Gasteiger charge is 2.32. The first-order valence-corrected chi connectivity index (χ1v) is 7.50. The van der Waals surface area contributed by atoms with Gasteiger partial charge in [-0.2, -0.15) is 0 Å². The first-order chi connectivity index (χ1) is 10.1. The summed E-state index contributed by atoms with van der Waals surface area (Å²) in [5.74, 6) is -0.777. The number of hydrogen-bond acceptors (Lipinski definition) is 4. The average molecular weight is 411 g/mol. The second-order valence-corrected chi connectivity index (χ2v) is 6.00. The Balaban J connectivity index is 2.02. The number of carbonyl (C=O) groups is 2. The number of fused-ring (bicyclic) bond motifs is 1. The molecule has 4 nitrogen and oxygen atoms in total. The molecule has 1 aliphatic rings. The molecule has 1 N–H and O–H groups in total. The van der Waals surface area contributed by atoms with Crippen LogP contribution in [0.2, 0.25) is 0 Å². The van der Waals surface area contributed by atoms with Crippen LogP contribution in [0.3, 0.4) is 0 Å². The molecule has 3 rings (SSSR count). The lowest BCUT2D eigenvalue weighted by molar-refractivity contribution is 0.0978. The van der Waals surface area contributed by atoms with Crippen LogP contribution in [0.15, 0.2) is 53.3 Å². The summed E-state index contributed by atoms with van der Waals surface area (Å²) < 4.78 is 1.07. The lowest BCUT2D eigenvalue weighted by Crippen LogP contribution is -2.25. The number of ketones is 2. The molecule has 1 aliphatic carbocycles. The molecule has 0 saturated heterocycles. The molecular weight excluding hydrogens is 403 g/mol. The molecule has 1 heterocycles. The predicted octanol–water partition coefficient (Wildman–Crippen LogP) is 3.63. The molecule has 0 amide bonds. The van der Waals surface area contributed by atoms with Crippen LogP contribution in [0.4, 0.5) is 5.69 Å². The normalized spacial score (nSPS) is 14.2. The van der Waals surface area contributed by atoms with Gasteiger partial charge in [0.15, 0.2) is 0 Å². The Morgan fingerprint density at radius 2 is 1.76 bits per heavy atom. The van der Waals surface area contributed by atoms with E-state index in [9.17, 15) is 9.59 Å². The highest BCUT2D eigenvalue weighted by molar-refractivity contribution is 14.1. The van der Waals surface area contributed by atoms with E-state index in [0.29, 0.717) is 5.69 Å². The number of nitrogens with zero attached hydrogens (tertiary/aromatic N) is 1. The summed E-state index contributed by atoms with van der Waals surface area (Å²) in [6.45, 7) is 0. The van der Waals surface area contributed by atoms with Gasteiger partial charge in [0.25, 0.3) is 0 Å². The number of nitrogens with one attached hydrogen (secondary N) is 1. The van der Waals surface area contributed by atoms with Gasteiger partial charge in [-0.25, -0.2) is 0 Å². The first kappa shape index (κ1) is 14.2. The third kappa shape index (κ3) is 2.58. The smallest absolute Gasteiger partial charge is 0.225 e. The molecule has 104 valence electrons. The van der Waals surface area contributed by atoms with Crippen LogP contribution in [-0.4, -0.2) is 16.6 Å². The van der Waals surface area contributed by atoms with E-state index in [-0.39, 0.29) is 27.8 Å². The van der Waals surface area contributed by atoms with E-state index < -0.39 is 5.78 Å². The second-order valence-electron chi connectivity index (χ2n) is 4.38. The molecule has 2 aromatic rings. The Labute approximate surface area is 139 Å². The van der Waals surface area contributed by atoms with Crippen LogP contribution >= 0.6 is 34.2 Å². The molecular formula is C15H8ClIN2O2. The maximum Gasteiger partial charge on any atom is 0.225 e. The largest absolute Gasteiger partial charge is 0.351 e. The van der Waals surface area contributed by atoms with Crippen molar-refractivity contribution in [1.82, 2.24) is 4.98 Å². The molecule has 0 saturated carbocycles. The maximum atomic E-state index is 12.4. The summed E-state index contributed by atoms with van der Waals surface area (Å²) in [5, 5.41) is 2.79. The second kappa shape index (κ2) is 5.57. The Morgan fingerprint density at radius 1 is 1.05 bits per heavy atom. The Kier molecular flexibility index (Phi) is 3.77. The van der Waals surface area contributed by atoms with Crippen molar-refractivity contribution in [2.45, 2.75) is 0 Å². The SMILES string of the molecule is O=C1C(Nc2ccc(I)cc2)=C(Cl)C(=O)c2ncccc21. The van der Waals surface area contributed by atoms with Crippen LogP contribution in [0.1, 0.15) is 20.8 Å². The number of anilines is 1. The van der Waals surface area contributed by atoms with E-state index in [0.717, 1.165) is 3.57 Å². The van der Waals surface area contributed by atoms with Crippen molar-refractivity contribution >= 4 is 51.4 Å². The number of pyridine rings is 1. The maximum absolute atomic E-state index is 12.4. The van der Waals surface area contributed by atoms with Gasteiger partial charge in [-0.15, -0.1) is 0 Å². The number of Topliss-reactive ketones (excluding diaryl/α,β-unsaturated/α-hetero) is 2. The minimum Gasteiger partial charge on any atom is -0.351 e. The zero-order valence-corrected chi connectivity index (χ0v) is 13.5. The molecule has 0 atom stereocenters. The molecule has 0 fully saturated rings. The molecule has 0 bridgehead atoms. The number of rotatable bonds is 2. The third-order valence-electron chi connectivity index (χ3n) is 3.03. The van der Waals surface area contributed by atoms with Gasteiger partial charge in [-0.3, -0.25) is 14.6 Å². The van der Waals surface area contributed by atoms with E-state index >= 15 is 0 Å². The van der Waals surface area contributed by atoms with Crippen LogP contribution in [0.5, 0.6) is 0 Å². The van der Waals surface area contributed by atoms with Crippen LogP contribution in [-0.2, 0) is 0 Å². The minimum absolute atomic E-state index is 0.0865. The van der Waals surface area contributed by atoms with Crippen molar-refractivity contribution in [3.05, 3.63) is 68.2 Å². The quantitative estimate of drug-likeness (QED) is 0.768. The fourth-order valence-electron chi connectivity index (χ4n) is 2.01. The van der Waals surface area contributed by atoms with Crippen molar-refractivity contribution in [3.63, 3.8) is 0 Å². The number of aromatic nitrogens is 1. The highest BCUT2D eigenvalue weighted by Crippen LogP contribution is 2.28. The summed E-state index contributed by atoms with van der Waals surface area (Å²) in [7, 11) is 0. The molecule has 0 spiro atoms. The average Bonchev–Trinajstić information content (AvgIpc) is 2.51. The van der Waals surface area contributed by atoms with E-state index in [1.165, 1.54) is 6.20 Å². The minimum atomic E-state index is -0.445. The molecule has 6 heteroatoms. The summed E-state index contributed by atoms with van der Waals surface area (Å²) in [4.78, 5) is 28.6. The van der Waals surface area contributed by atoms with E-state index in [2.05, 4.69) is 32.9 Å². The zero-order valence-electron chi connectivity index (χ0n) is 10.6. The van der Waals surface area contributed by atoms with Crippen LogP contribution in [0.25, 0.3) is 0 Å². The number of allylic oxidation sites excluding steroid dienone is 2. The summed E-state index contributed by atoms with van der Waals surface area (Å²) in [6.07, 6.45) is 1.46. The van der Waals surface area contributed by atoms with Crippen molar-refractivity contribution in [2.24, 2.45) is 0 Å². The van der Waals surface area contributed by atoms with Crippen molar-refractivity contribution < 1.29 is 9.59 Å². The lowest BCUT2D eigenvalue weighted by Gasteiger charge is -2.18. The number of carbonyl (C=O) groups excluding carboxylic acids is 2. The fraction of sp³-hybridized carbons (Fsp3) is 0. The summed E-state index contributed by atoms with van der Waals surface area (Å²) in [5.41, 5.74) is 1.14. The van der Waals surface area contributed by atoms with Gasteiger partial charge in [-0.05, 0) is 59.0 Å². The predicted molar refractivity (Wildman–Crippen MR) is 88.6 cm³/mol. The Morgan fingerprint density at radius 3 is 2.48 bits per heavy atom. The number of hydrogen-bond donors (Lipinski definition) is 1. The number of halogens is 2. The third-order valence-corrected chi connectivity index (χ3v) is 4.11. The summed E-state index contributed by atoms with van der Waals surface area (Å²) in [6, 6.07) is 10.6. The van der Waals surface area contributed by atoms with Crippen molar-refractivity contribution in [2.75, 3.05) is 5.32 Å². The monoisotopic (exact) mass is 410 g/mol. The van der Waals surface area contributed by atoms with Gasteiger partial charge in [0.1, 0.15) is 16.4 Å². The molecule has 1 aromatic carbocycles. The van der Waals surface area contributed by atoms with Gasteiger partial charge in [0.05, 0.1) is 5.56 Å². The van der Waals surface area contributed by atoms with E-state index in [4.69, 9.17) is 11.6 Å². The summed E-state index contributed by atoms with van der Waals surface area (Å²) >= 11 is 8.23. The first-order valence-electron chi connectivity index (χ1n) is 6.04. The van der Waals surface area contributed by atoms with Crippen molar-refractivity contribution in [3.8, 4) is 0 Å². The van der Waals surface area contributed by atoms with Gasteiger partial charge < -0.3 is 5.32 Å². The molecule has 1 aromatic heterocycles.